The molecule has 3 heteroatoms. The van der Waals surface area contributed by atoms with Crippen molar-refractivity contribution in [2.24, 2.45) is 0 Å². The van der Waals surface area contributed by atoms with Crippen molar-refractivity contribution in [3.8, 4) is 0 Å². The summed E-state index contributed by atoms with van der Waals surface area (Å²) in [7, 11) is 0. The zero-order valence-electron chi connectivity index (χ0n) is 12.1. The molecule has 0 saturated heterocycles. The van der Waals surface area contributed by atoms with Crippen LogP contribution in [0.3, 0.4) is 0 Å². The third kappa shape index (κ3) is 3.52. The second kappa shape index (κ2) is 6.44. The molecule has 0 saturated carbocycles. The van der Waals surface area contributed by atoms with Crippen LogP contribution < -0.4 is 10.6 Å². The second-order valence-corrected chi connectivity index (χ2v) is 5.06. The van der Waals surface area contributed by atoms with E-state index in [1.54, 1.807) is 0 Å². The number of nitrogen functional groups attached to an aromatic ring is 1. The third-order valence-corrected chi connectivity index (χ3v) is 3.44. The molecule has 1 unspecified atom stereocenters. The van der Waals surface area contributed by atoms with Crippen LogP contribution in [-0.2, 0) is 0 Å². The van der Waals surface area contributed by atoms with Gasteiger partial charge in [-0.25, -0.2) is 0 Å². The third-order valence-electron chi connectivity index (χ3n) is 3.44. The Morgan fingerprint density at radius 3 is 2.55 bits per heavy atom. The van der Waals surface area contributed by atoms with E-state index in [2.05, 4.69) is 36.9 Å². The molecule has 0 amide bonds. The topological polar surface area (TPSA) is 49.5 Å². The number of rotatable bonds is 5. The number of anilines is 2. The average Bonchev–Trinajstić information content (AvgIpc) is 2.44. The Hall–Kier alpha value is -2.00. The predicted octanol–water partition coefficient (Wildman–Crippen LogP) is 3.14. The number of aliphatic hydroxyl groups is 1. The minimum absolute atomic E-state index is 0.543. The van der Waals surface area contributed by atoms with Crippen LogP contribution in [0.15, 0.2) is 48.5 Å². The van der Waals surface area contributed by atoms with E-state index in [-0.39, 0.29) is 0 Å². The molecule has 0 aliphatic rings. The van der Waals surface area contributed by atoms with Gasteiger partial charge in [-0.1, -0.05) is 24.3 Å². The van der Waals surface area contributed by atoms with Crippen LogP contribution in [-0.4, -0.2) is 18.2 Å². The summed E-state index contributed by atoms with van der Waals surface area (Å²) in [6, 6.07) is 15.8. The van der Waals surface area contributed by atoms with Gasteiger partial charge in [-0.3, -0.25) is 0 Å². The lowest BCUT2D eigenvalue weighted by molar-refractivity contribution is 0.184. The molecule has 3 nitrogen and oxygen atoms in total. The van der Waals surface area contributed by atoms with E-state index < -0.39 is 6.10 Å². The number of aliphatic hydroxyl groups excluding tert-OH is 1. The van der Waals surface area contributed by atoms with E-state index >= 15 is 0 Å². The first kappa shape index (κ1) is 14.4. The van der Waals surface area contributed by atoms with Crippen molar-refractivity contribution in [3.63, 3.8) is 0 Å². The van der Waals surface area contributed by atoms with E-state index in [1.807, 2.05) is 30.3 Å². The molecule has 2 aromatic carbocycles. The van der Waals surface area contributed by atoms with Gasteiger partial charge in [0.15, 0.2) is 0 Å². The van der Waals surface area contributed by atoms with Crippen LogP contribution in [0.5, 0.6) is 0 Å². The van der Waals surface area contributed by atoms with Crippen LogP contribution >= 0.6 is 0 Å². The maximum absolute atomic E-state index is 10.4. The number of hydrogen-bond donors (Lipinski definition) is 2. The zero-order valence-corrected chi connectivity index (χ0v) is 12.1. The fraction of sp³-hybridized carbons (Fsp3) is 0.294. The van der Waals surface area contributed by atoms with E-state index in [9.17, 15) is 5.11 Å². The van der Waals surface area contributed by atoms with E-state index in [1.165, 1.54) is 5.56 Å². The van der Waals surface area contributed by atoms with E-state index in [0.29, 0.717) is 12.2 Å². The Bertz CT molecular complexity index is 568. The van der Waals surface area contributed by atoms with Crippen LogP contribution in [0.2, 0.25) is 0 Å². The molecule has 2 rings (SSSR count). The molecular weight excluding hydrogens is 248 g/mol. The summed E-state index contributed by atoms with van der Waals surface area (Å²) >= 11 is 0. The fourth-order valence-electron chi connectivity index (χ4n) is 2.32. The number of nitrogens with two attached hydrogens (primary N) is 1. The SMILES string of the molecule is CCN(CC(O)c1cccc(N)c1)c1cccc(C)c1. The lowest BCUT2D eigenvalue weighted by atomic mass is 10.1. The Morgan fingerprint density at radius 2 is 1.90 bits per heavy atom. The molecule has 1 atom stereocenters. The fourth-order valence-corrected chi connectivity index (χ4v) is 2.32. The Kier molecular flexibility index (Phi) is 4.64. The Labute approximate surface area is 120 Å². The van der Waals surface area contributed by atoms with Crippen LogP contribution in [0.4, 0.5) is 11.4 Å². The summed E-state index contributed by atoms with van der Waals surface area (Å²) < 4.78 is 0. The largest absolute Gasteiger partial charge is 0.399 e. The molecule has 0 spiro atoms. The highest BCUT2D eigenvalue weighted by atomic mass is 16.3. The molecule has 0 fully saturated rings. The molecule has 0 aromatic heterocycles. The molecule has 0 bridgehead atoms. The molecule has 0 heterocycles. The van der Waals surface area contributed by atoms with Crippen LogP contribution in [0.1, 0.15) is 24.2 Å². The maximum Gasteiger partial charge on any atom is 0.0965 e. The summed E-state index contributed by atoms with van der Waals surface area (Å²) in [6.07, 6.45) is -0.543. The Morgan fingerprint density at radius 1 is 1.15 bits per heavy atom. The van der Waals surface area contributed by atoms with Gasteiger partial charge in [0.2, 0.25) is 0 Å². The van der Waals surface area contributed by atoms with Crippen molar-refractivity contribution in [1.29, 1.82) is 0 Å². The highest BCUT2D eigenvalue weighted by Gasteiger charge is 2.13. The van der Waals surface area contributed by atoms with Crippen molar-refractivity contribution in [2.75, 3.05) is 23.7 Å². The van der Waals surface area contributed by atoms with Crippen molar-refractivity contribution >= 4 is 11.4 Å². The molecule has 0 radical (unpaired) electrons. The van der Waals surface area contributed by atoms with Gasteiger partial charge in [0, 0.05) is 24.5 Å². The normalized spacial score (nSPS) is 12.2. The summed E-state index contributed by atoms with van der Waals surface area (Å²) in [5.41, 5.74) is 9.66. The first-order valence-electron chi connectivity index (χ1n) is 6.95. The molecule has 0 aliphatic carbocycles. The first-order chi connectivity index (χ1) is 9.60. The number of hydrogen-bond acceptors (Lipinski definition) is 3. The van der Waals surface area contributed by atoms with Gasteiger partial charge in [0.1, 0.15) is 0 Å². The second-order valence-electron chi connectivity index (χ2n) is 5.06. The zero-order chi connectivity index (χ0) is 14.5. The molecule has 20 heavy (non-hydrogen) atoms. The Balaban J connectivity index is 2.14. The maximum atomic E-state index is 10.4. The van der Waals surface area contributed by atoms with Crippen molar-refractivity contribution in [3.05, 3.63) is 59.7 Å². The predicted molar refractivity (Wildman–Crippen MR) is 84.9 cm³/mol. The number of nitrogens with zero attached hydrogens (tertiary/aromatic N) is 1. The van der Waals surface area contributed by atoms with Gasteiger partial charge in [0.25, 0.3) is 0 Å². The van der Waals surface area contributed by atoms with Gasteiger partial charge in [-0.2, -0.15) is 0 Å². The smallest absolute Gasteiger partial charge is 0.0965 e. The summed E-state index contributed by atoms with van der Waals surface area (Å²) in [5, 5.41) is 10.4. The molecule has 3 N–H and O–H groups in total. The molecule has 0 aliphatic heterocycles. The van der Waals surface area contributed by atoms with Crippen LogP contribution in [0, 0.1) is 6.92 Å². The quantitative estimate of drug-likeness (QED) is 0.821. The van der Waals surface area contributed by atoms with Crippen LogP contribution in [0.25, 0.3) is 0 Å². The minimum atomic E-state index is -0.543. The molecule has 106 valence electrons. The van der Waals surface area contributed by atoms with Gasteiger partial charge < -0.3 is 15.7 Å². The highest BCUT2D eigenvalue weighted by Crippen LogP contribution is 2.21. The van der Waals surface area contributed by atoms with Crippen molar-refractivity contribution < 1.29 is 5.11 Å². The number of benzene rings is 2. The molecular formula is C17H22N2O. The average molecular weight is 270 g/mol. The number of likely N-dealkylation sites (N-methyl/N-ethyl adjacent to an activating group) is 1. The van der Waals surface area contributed by atoms with Gasteiger partial charge >= 0.3 is 0 Å². The van der Waals surface area contributed by atoms with Gasteiger partial charge in [0.05, 0.1) is 6.10 Å². The van der Waals surface area contributed by atoms with E-state index in [4.69, 9.17) is 5.73 Å². The highest BCUT2D eigenvalue weighted by molar-refractivity contribution is 5.49. The summed E-state index contributed by atoms with van der Waals surface area (Å²) in [5.74, 6) is 0. The van der Waals surface area contributed by atoms with Gasteiger partial charge in [-0.15, -0.1) is 0 Å². The summed E-state index contributed by atoms with van der Waals surface area (Å²) in [4.78, 5) is 2.17. The minimum Gasteiger partial charge on any atom is -0.399 e. The monoisotopic (exact) mass is 270 g/mol. The first-order valence-corrected chi connectivity index (χ1v) is 6.95. The van der Waals surface area contributed by atoms with Crippen molar-refractivity contribution in [1.82, 2.24) is 0 Å². The van der Waals surface area contributed by atoms with E-state index in [0.717, 1.165) is 17.8 Å². The van der Waals surface area contributed by atoms with Crippen molar-refractivity contribution in [2.45, 2.75) is 20.0 Å². The lowest BCUT2D eigenvalue weighted by Crippen LogP contribution is -2.28. The molecule has 2 aromatic rings. The van der Waals surface area contributed by atoms with Gasteiger partial charge in [-0.05, 0) is 49.2 Å². The lowest BCUT2D eigenvalue weighted by Gasteiger charge is -2.26. The standard InChI is InChI=1S/C17H22N2O/c1-3-19(16-9-4-6-13(2)10-16)12-17(20)14-7-5-8-15(18)11-14/h4-11,17,20H,3,12,18H2,1-2H3. The summed E-state index contributed by atoms with van der Waals surface area (Å²) in [6.45, 7) is 5.58. The number of aryl methyl sites for hydroxylation is 1.